The zero-order valence-electron chi connectivity index (χ0n) is 19.6. The lowest BCUT2D eigenvalue weighted by Crippen LogP contribution is -2.37. The average molecular weight is 553 g/mol. The second-order valence-electron chi connectivity index (χ2n) is 8.47. The number of nitrogens with zero attached hydrogens (tertiary/aromatic N) is 1. The number of aromatic hydroxyl groups is 1. The van der Waals surface area contributed by atoms with Gasteiger partial charge in [0.25, 0.3) is 5.56 Å². The monoisotopic (exact) mass is 552 g/mol. The number of amides is 1. The summed E-state index contributed by atoms with van der Waals surface area (Å²) in [5.41, 5.74) is 2.01. The highest BCUT2D eigenvalue weighted by molar-refractivity contribution is 9.10. The number of hydrogen-bond acceptors (Lipinski definition) is 3. The van der Waals surface area contributed by atoms with Gasteiger partial charge in [0.1, 0.15) is 23.4 Å². The molecule has 0 spiro atoms. The van der Waals surface area contributed by atoms with Crippen molar-refractivity contribution in [1.29, 1.82) is 0 Å². The van der Waals surface area contributed by atoms with Crippen LogP contribution >= 0.6 is 15.9 Å². The molecule has 1 unspecified atom stereocenters. The Morgan fingerprint density at radius 2 is 1.81 bits per heavy atom. The average Bonchev–Trinajstić information content (AvgIpc) is 2.83. The van der Waals surface area contributed by atoms with E-state index in [9.17, 15) is 19.1 Å². The fraction of sp³-hybridized carbons (Fsp3) is 0.143. The Hall–Kier alpha value is -3.78. The molecule has 5 nitrogen and oxygen atoms in total. The van der Waals surface area contributed by atoms with Gasteiger partial charge in [-0.15, -0.1) is 0 Å². The second kappa shape index (κ2) is 10.5. The van der Waals surface area contributed by atoms with Crippen LogP contribution in [0.2, 0.25) is 0 Å². The summed E-state index contributed by atoms with van der Waals surface area (Å²) in [5.74, 6) is -1.78. The van der Waals surface area contributed by atoms with E-state index in [2.05, 4.69) is 21.2 Å². The predicted octanol–water partition coefficient (Wildman–Crippen LogP) is 5.78. The summed E-state index contributed by atoms with van der Waals surface area (Å²) in [7, 11) is 0. The maximum atomic E-state index is 15.0. The summed E-state index contributed by atoms with van der Waals surface area (Å²) in [5, 5.41) is 13.0. The molecule has 36 heavy (non-hydrogen) atoms. The molecule has 0 aliphatic heterocycles. The van der Waals surface area contributed by atoms with Gasteiger partial charge < -0.3 is 10.4 Å². The normalized spacial score (nSPS) is 11.8. The quantitative estimate of drug-likeness (QED) is 0.318. The third-order valence-electron chi connectivity index (χ3n) is 5.95. The SMILES string of the molecule is Cc1cc(-c2c(C)cccc2O)cc(CNC(=O)C(c2cc(Br)ccc2F)n2ccccc2=O)c1F. The fourth-order valence-electron chi connectivity index (χ4n) is 4.22. The zero-order valence-corrected chi connectivity index (χ0v) is 21.1. The van der Waals surface area contributed by atoms with E-state index < -0.39 is 29.1 Å². The molecule has 2 N–H and O–H groups in total. The van der Waals surface area contributed by atoms with Crippen LogP contribution in [0, 0.1) is 25.5 Å². The molecule has 4 aromatic rings. The first kappa shape index (κ1) is 25.3. The van der Waals surface area contributed by atoms with Crippen LogP contribution in [0.5, 0.6) is 5.75 Å². The van der Waals surface area contributed by atoms with Crippen LogP contribution in [-0.4, -0.2) is 15.6 Å². The summed E-state index contributed by atoms with van der Waals surface area (Å²) in [6, 6.07) is 15.5. The minimum atomic E-state index is -1.32. The van der Waals surface area contributed by atoms with Crippen molar-refractivity contribution in [2.24, 2.45) is 0 Å². The first-order chi connectivity index (χ1) is 17.2. The van der Waals surface area contributed by atoms with Crippen LogP contribution in [0.25, 0.3) is 11.1 Å². The first-order valence-electron chi connectivity index (χ1n) is 11.1. The van der Waals surface area contributed by atoms with Crippen molar-refractivity contribution in [3.05, 3.63) is 122 Å². The lowest BCUT2D eigenvalue weighted by atomic mass is 9.95. The lowest BCUT2D eigenvalue weighted by Gasteiger charge is -2.21. The Kier molecular flexibility index (Phi) is 7.35. The number of phenolic OH excluding ortho intramolecular Hbond substituents is 1. The van der Waals surface area contributed by atoms with Gasteiger partial charge in [-0.1, -0.05) is 34.1 Å². The number of hydrogen-bond donors (Lipinski definition) is 2. The van der Waals surface area contributed by atoms with E-state index in [4.69, 9.17) is 0 Å². The zero-order chi connectivity index (χ0) is 26.0. The molecular formula is C28H23BrF2N2O3. The number of carbonyl (C=O) groups excluding carboxylic acids is 1. The minimum Gasteiger partial charge on any atom is -0.507 e. The summed E-state index contributed by atoms with van der Waals surface area (Å²) in [6.45, 7) is 3.23. The van der Waals surface area contributed by atoms with E-state index in [-0.39, 0.29) is 23.4 Å². The van der Waals surface area contributed by atoms with E-state index >= 15 is 4.39 Å². The van der Waals surface area contributed by atoms with Gasteiger partial charge in [-0.3, -0.25) is 14.2 Å². The number of aryl methyl sites for hydroxylation is 2. The Morgan fingerprint density at radius 3 is 2.53 bits per heavy atom. The van der Waals surface area contributed by atoms with Crippen molar-refractivity contribution in [2.75, 3.05) is 0 Å². The van der Waals surface area contributed by atoms with Crippen molar-refractivity contribution in [1.82, 2.24) is 9.88 Å². The molecule has 0 bridgehead atoms. The van der Waals surface area contributed by atoms with Gasteiger partial charge in [-0.05, 0) is 73.0 Å². The Balaban J connectivity index is 1.71. The summed E-state index contributed by atoms with van der Waals surface area (Å²) in [4.78, 5) is 25.9. The van der Waals surface area contributed by atoms with Crippen LogP contribution < -0.4 is 10.9 Å². The Bertz CT molecular complexity index is 1500. The molecule has 8 heteroatoms. The Morgan fingerprint density at radius 1 is 1.03 bits per heavy atom. The van der Waals surface area contributed by atoms with Crippen molar-refractivity contribution in [3.63, 3.8) is 0 Å². The van der Waals surface area contributed by atoms with Gasteiger partial charge in [0, 0.05) is 40.0 Å². The van der Waals surface area contributed by atoms with Gasteiger partial charge in [-0.2, -0.15) is 0 Å². The van der Waals surface area contributed by atoms with Crippen LogP contribution in [0.3, 0.4) is 0 Å². The topological polar surface area (TPSA) is 71.3 Å². The van der Waals surface area contributed by atoms with Crippen LogP contribution in [0.1, 0.15) is 28.3 Å². The number of rotatable bonds is 6. The lowest BCUT2D eigenvalue weighted by molar-refractivity contribution is -0.123. The molecule has 3 aromatic carbocycles. The molecule has 0 fully saturated rings. The van der Waals surface area contributed by atoms with Crippen LogP contribution in [0.15, 0.2) is 82.2 Å². The maximum absolute atomic E-state index is 15.0. The highest BCUT2D eigenvalue weighted by Gasteiger charge is 2.27. The molecule has 0 saturated heterocycles. The van der Waals surface area contributed by atoms with Gasteiger partial charge in [0.05, 0.1) is 0 Å². The summed E-state index contributed by atoms with van der Waals surface area (Å²) < 4.78 is 31.5. The summed E-state index contributed by atoms with van der Waals surface area (Å²) >= 11 is 3.28. The highest BCUT2D eigenvalue weighted by Crippen LogP contribution is 2.34. The van der Waals surface area contributed by atoms with E-state index in [1.807, 2.05) is 13.0 Å². The molecule has 1 aromatic heterocycles. The molecule has 0 aliphatic rings. The standard InChI is InChI=1S/C28H23BrF2N2O3/c1-16-6-5-7-23(34)25(16)18-12-17(2)26(31)19(13-18)15-32-28(36)27(33-11-4-3-8-24(33)35)21-14-20(29)9-10-22(21)30/h3-14,27,34H,15H2,1-2H3,(H,32,36). The molecule has 1 heterocycles. The van der Waals surface area contributed by atoms with Crippen molar-refractivity contribution >= 4 is 21.8 Å². The molecule has 0 aliphatic carbocycles. The molecule has 1 atom stereocenters. The number of pyridine rings is 1. The highest BCUT2D eigenvalue weighted by atomic mass is 79.9. The van der Waals surface area contributed by atoms with Gasteiger partial charge in [-0.25, -0.2) is 8.78 Å². The van der Waals surface area contributed by atoms with Gasteiger partial charge in [0.15, 0.2) is 0 Å². The van der Waals surface area contributed by atoms with Crippen molar-refractivity contribution in [3.8, 4) is 16.9 Å². The number of halogens is 3. The summed E-state index contributed by atoms with van der Waals surface area (Å²) in [6.07, 6.45) is 1.40. The molecule has 184 valence electrons. The van der Waals surface area contributed by atoms with Gasteiger partial charge in [0.2, 0.25) is 5.91 Å². The van der Waals surface area contributed by atoms with E-state index in [1.54, 1.807) is 37.3 Å². The van der Waals surface area contributed by atoms with Crippen LogP contribution in [-0.2, 0) is 11.3 Å². The third kappa shape index (κ3) is 5.09. The molecular weight excluding hydrogens is 530 g/mol. The smallest absolute Gasteiger partial charge is 0.251 e. The fourth-order valence-corrected chi connectivity index (χ4v) is 4.60. The largest absolute Gasteiger partial charge is 0.507 e. The number of aromatic nitrogens is 1. The number of carbonyl (C=O) groups is 1. The van der Waals surface area contributed by atoms with Crippen molar-refractivity contribution in [2.45, 2.75) is 26.4 Å². The number of benzene rings is 3. The van der Waals surface area contributed by atoms with E-state index in [1.165, 1.54) is 36.5 Å². The number of nitrogens with one attached hydrogen (secondary N) is 1. The van der Waals surface area contributed by atoms with E-state index in [0.717, 1.165) is 10.1 Å². The molecule has 1 amide bonds. The molecule has 4 rings (SSSR count). The van der Waals surface area contributed by atoms with Crippen molar-refractivity contribution < 1.29 is 18.7 Å². The Labute approximate surface area is 215 Å². The van der Waals surface area contributed by atoms with Gasteiger partial charge >= 0.3 is 0 Å². The van der Waals surface area contributed by atoms with E-state index in [0.29, 0.717) is 21.2 Å². The minimum absolute atomic E-state index is 0.00888. The maximum Gasteiger partial charge on any atom is 0.251 e. The molecule has 0 saturated carbocycles. The van der Waals surface area contributed by atoms with Crippen LogP contribution in [0.4, 0.5) is 8.78 Å². The number of phenols is 1. The predicted molar refractivity (Wildman–Crippen MR) is 138 cm³/mol. The second-order valence-corrected chi connectivity index (χ2v) is 9.38. The third-order valence-corrected chi connectivity index (χ3v) is 6.45. The molecule has 0 radical (unpaired) electrons. The first-order valence-corrected chi connectivity index (χ1v) is 11.9.